The zero-order valence-electron chi connectivity index (χ0n) is 10.4. The highest BCUT2D eigenvalue weighted by molar-refractivity contribution is 7.10. The Balaban J connectivity index is 2.12. The van der Waals surface area contributed by atoms with Gasteiger partial charge in [-0.05, 0) is 30.4 Å². The van der Waals surface area contributed by atoms with Gasteiger partial charge in [0.2, 0.25) is 0 Å². The number of aromatic nitrogens is 2. The minimum absolute atomic E-state index is 0.738. The van der Waals surface area contributed by atoms with E-state index in [0.29, 0.717) is 0 Å². The van der Waals surface area contributed by atoms with Gasteiger partial charge in [-0.1, -0.05) is 6.92 Å². The normalized spacial score (nSPS) is 10.8. The van der Waals surface area contributed by atoms with Crippen molar-refractivity contribution in [3.8, 4) is 0 Å². The second kappa shape index (κ2) is 4.79. The van der Waals surface area contributed by atoms with Crippen molar-refractivity contribution in [3.63, 3.8) is 0 Å². The van der Waals surface area contributed by atoms with Crippen molar-refractivity contribution in [1.82, 2.24) is 9.78 Å². The first-order chi connectivity index (χ1) is 8.13. The quantitative estimate of drug-likeness (QED) is 0.876. The molecular weight excluding hydrogens is 232 g/mol. The summed E-state index contributed by atoms with van der Waals surface area (Å²) in [7, 11) is 1.90. The van der Waals surface area contributed by atoms with Crippen LogP contribution >= 0.6 is 11.3 Å². The molecule has 5 heteroatoms. The maximum atomic E-state index is 5.97. The molecule has 0 atom stereocenters. The molecule has 0 aliphatic heterocycles. The average Bonchev–Trinajstić information content (AvgIpc) is 2.84. The summed E-state index contributed by atoms with van der Waals surface area (Å²) in [6.07, 6.45) is 1.07. The maximum Gasteiger partial charge on any atom is 0.148 e. The first kappa shape index (κ1) is 12.0. The van der Waals surface area contributed by atoms with Crippen molar-refractivity contribution >= 4 is 22.8 Å². The highest BCUT2D eigenvalue weighted by Gasteiger charge is 2.10. The van der Waals surface area contributed by atoms with E-state index in [1.54, 1.807) is 16.0 Å². The summed E-state index contributed by atoms with van der Waals surface area (Å²) in [6, 6.07) is 2.18. The Bertz CT molecular complexity index is 513. The van der Waals surface area contributed by atoms with Gasteiger partial charge in [0, 0.05) is 11.9 Å². The number of nitrogens with zero attached hydrogens (tertiary/aromatic N) is 2. The summed E-state index contributed by atoms with van der Waals surface area (Å²) in [6.45, 7) is 4.90. The molecule has 0 spiro atoms. The topological polar surface area (TPSA) is 55.9 Å². The molecule has 2 aromatic rings. The van der Waals surface area contributed by atoms with Gasteiger partial charge in [0.25, 0.3) is 0 Å². The van der Waals surface area contributed by atoms with Crippen LogP contribution in [0.15, 0.2) is 11.4 Å². The molecule has 0 radical (unpaired) electrons. The van der Waals surface area contributed by atoms with E-state index in [4.69, 9.17) is 5.73 Å². The number of hydrogen-bond donors (Lipinski definition) is 2. The van der Waals surface area contributed by atoms with Crippen LogP contribution in [0.25, 0.3) is 0 Å². The van der Waals surface area contributed by atoms with Crippen molar-refractivity contribution in [1.29, 1.82) is 0 Å². The van der Waals surface area contributed by atoms with E-state index in [0.717, 1.165) is 30.2 Å². The van der Waals surface area contributed by atoms with Gasteiger partial charge in [-0.3, -0.25) is 4.68 Å². The van der Waals surface area contributed by atoms with E-state index in [1.807, 2.05) is 14.0 Å². The fraction of sp³-hybridized carbons (Fsp3) is 0.417. The highest BCUT2D eigenvalue weighted by atomic mass is 32.1. The number of rotatable bonds is 4. The van der Waals surface area contributed by atoms with Crippen molar-refractivity contribution in [2.24, 2.45) is 7.05 Å². The molecule has 4 nitrogen and oxygen atoms in total. The third-order valence-electron chi connectivity index (χ3n) is 2.90. The summed E-state index contributed by atoms with van der Waals surface area (Å²) >= 11 is 1.78. The zero-order chi connectivity index (χ0) is 12.4. The Morgan fingerprint density at radius 1 is 1.53 bits per heavy atom. The number of thiophene rings is 1. The minimum Gasteiger partial charge on any atom is -0.394 e. The van der Waals surface area contributed by atoms with Crippen molar-refractivity contribution < 1.29 is 0 Å². The van der Waals surface area contributed by atoms with Crippen LogP contribution in [0.3, 0.4) is 0 Å². The number of nitrogen functional groups attached to an aromatic ring is 1. The Kier molecular flexibility index (Phi) is 3.38. The van der Waals surface area contributed by atoms with E-state index >= 15 is 0 Å². The van der Waals surface area contributed by atoms with Gasteiger partial charge >= 0.3 is 0 Å². The smallest absolute Gasteiger partial charge is 0.148 e. The van der Waals surface area contributed by atoms with Crippen LogP contribution in [0.1, 0.15) is 23.1 Å². The van der Waals surface area contributed by atoms with E-state index in [-0.39, 0.29) is 0 Å². The minimum atomic E-state index is 0.738. The second-order valence-corrected chi connectivity index (χ2v) is 5.05. The van der Waals surface area contributed by atoms with Crippen molar-refractivity contribution in [2.75, 3.05) is 11.1 Å². The SMILES string of the molecule is CCc1ccsc1CNc1c(N)c(C)nn1C. The summed E-state index contributed by atoms with van der Waals surface area (Å²) in [4.78, 5) is 1.37. The summed E-state index contributed by atoms with van der Waals surface area (Å²) in [5.41, 5.74) is 8.98. The lowest BCUT2D eigenvalue weighted by molar-refractivity contribution is 0.758. The van der Waals surface area contributed by atoms with E-state index < -0.39 is 0 Å². The number of anilines is 2. The van der Waals surface area contributed by atoms with Gasteiger partial charge in [0.15, 0.2) is 0 Å². The standard InChI is InChI=1S/C12H18N4S/c1-4-9-5-6-17-10(9)7-14-12-11(13)8(2)15-16(12)3/h5-6,14H,4,7,13H2,1-3H3. The lowest BCUT2D eigenvalue weighted by Gasteiger charge is -2.07. The third kappa shape index (κ3) is 2.29. The molecule has 17 heavy (non-hydrogen) atoms. The van der Waals surface area contributed by atoms with E-state index in [1.165, 1.54) is 10.4 Å². The predicted octanol–water partition coefficient (Wildman–Crippen LogP) is 2.55. The summed E-state index contributed by atoms with van der Waals surface area (Å²) in [5, 5.41) is 9.78. The van der Waals surface area contributed by atoms with Crippen molar-refractivity contribution in [3.05, 3.63) is 27.6 Å². The van der Waals surface area contributed by atoms with Gasteiger partial charge < -0.3 is 11.1 Å². The lowest BCUT2D eigenvalue weighted by atomic mass is 10.2. The van der Waals surface area contributed by atoms with Gasteiger partial charge in [0.05, 0.1) is 17.9 Å². The number of aryl methyl sites for hydroxylation is 3. The third-order valence-corrected chi connectivity index (χ3v) is 3.87. The molecule has 3 N–H and O–H groups in total. The van der Waals surface area contributed by atoms with Crippen LogP contribution in [-0.2, 0) is 20.0 Å². The van der Waals surface area contributed by atoms with Crippen LogP contribution in [0, 0.1) is 6.92 Å². The van der Waals surface area contributed by atoms with E-state index in [2.05, 4.69) is 28.8 Å². The lowest BCUT2D eigenvalue weighted by Crippen LogP contribution is -2.06. The average molecular weight is 250 g/mol. The van der Waals surface area contributed by atoms with Gasteiger partial charge in [-0.25, -0.2) is 0 Å². The van der Waals surface area contributed by atoms with Crippen LogP contribution in [0.5, 0.6) is 0 Å². The summed E-state index contributed by atoms with van der Waals surface area (Å²) < 4.78 is 1.80. The first-order valence-electron chi connectivity index (χ1n) is 5.71. The molecule has 92 valence electrons. The predicted molar refractivity (Wildman–Crippen MR) is 73.4 cm³/mol. The van der Waals surface area contributed by atoms with E-state index in [9.17, 15) is 0 Å². The van der Waals surface area contributed by atoms with Crippen LogP contribution < -0.4 is 11.1 Å². The fourth-order valence-corrected chi connectivity index (χ4v) is 2.80. The molecule has 0 aliphatic rings. The summed E-state index contributed by atoms with van der Waals surface area (Å²) in [5.74, 6) is 0.901. The zero-order valence-corrected chi connectivity index (χ0v) is 11.3. The van der Waals surface area contributed by atoms with Crippen molar-refractivity contribution in [2.45, 2.75) is 26.8 Å². The molecule has 2 heterocycles. The van der Waals surface area contributed by atoms with Gasteiger partial charge in [-0.2, -0.15) is 5.10 Å². The molecule has 0 saturated heterocycles. The molecular formula is C12H18N4S. The number of hydrogen-bond acceptors (Lipinski definition) is 4. The molecule has 0 aliphatic carbocycles. The Hall–Kier alpha value is -1.49. The van der Waals surface area contributed by atoms with Gasteiger partial charge in [0.1, 0.15) is 5.82 Å². The number of nitrogens with one attached hydrogen (secondary N) is 1. The largest absolute Gasteiger partial charge is 0.394 e. The molecule has 0 bridgehead atoms. The Morgan fingerprint density at radius 2 is 2.29 bits per heavy atom. The monoisotopic (exact) mass is 250 g/mol. The van der Waals surface area contributed by atoms with Gasteiger partial charge in [-0.15, -0.1) is 11.3 Å². The van der Waals surface area contributed by atoms with Crippen LogP contribution in [-0.4, -0.2) is 9.78 Å². The fourth-order valence-electron chi connectivity index (χ4n) is 1.89. The first-order valence-corrected chi connectivity index (χ1v) is 6.59. The molecule has 0 unspecified atom stereocenters. The molecule has 0 aromatic carbocycles. The second-order valence-electron chi connectivity index (χ2n) is 4.05. The molecule has 0 amide bonds. The Labute approximate surface area is 105 Å². The molecule has 0 fully saturated rings. The molecule has 0 saturated carbocycles. The number of nitrogens with two attached hydrogens (primary N) is 1. The van der Waals surface area contributed by atoms with Crippen LogP contribution in [0.4, 0.5) is 11.5 Å². The molecule has 2 rings (SSSR count). The highest BCUT2D eigenvalue weighted by Crippen LogP contribution is 2.24. The van der Waals surface area contributed by atoms with Crippen LogP contribution in [0.2, 0.25) is 0 Å². The Morgan fingerprint density at radius 3 is 2.88 bits per heavy atom. The molecule has 2 aromatic heterocycles. The maximum absolute atomic E-state index is 5.97.